The molecule has 1 aromatic rings. The van der Waals surface area contributed by atoms with Gasteiger partial charge in [-0.25, -0.2) is 0 Å². The van der Waals surface area contributed by atoms with Crippen molar-refractivity contribution in [3.05, 3.63) is 21.4 Å². The number of thiophene rings is 1. The van der Waals surface area contributed by atoms with Crippen LogP contribution in [-0.4, -0.2) is 11.7 Å². The molecule has 0 saturated carbocycles. The Kier molecular flexibility index (Phi) is 2.46. The highest BCUT2D eigenvalue weighted by atomic mass is 32.1. The van der Waals surface area contributed by atoms with Crippen LogP contribution < -0.4 is 0 Å². The minimum absolute atomic E-state index is 0.261. The van der Waals surface area contributed by atoms with Gasteiger partial charge in [0.25, 0.3) is 0 Å². The average Bonchev–Trinajstić information content (AvgIpc) is 2.13. The van der Waals surface area contributed by atoms with Crippen molar-refractivity contribution in [3.63, 3.8) is 0 Å². The minimum atomic E-state index is 0.261. The first-order valence-corrected chi connectivity index (χ1v) is 4.22. The summed E-state index contributed by atoms with van der Waals surface area (Å²) in [4.78, 5) is 2.67. The number of hydrogen-bond donors (Lipinski definition) is 1. The van der Waals surface area contributed by atoms with Crippen LogP contribution in [-0.2, 0) is 6.42 Å². The molecule has 1 aromatic heterocycles. The Bertz CT molecular complexity index is 215. The largest absolute Gasteiger partial charge is 0.396 e. The number of aliphatic hydroxyl groups is 1. The van der Waals surface area contributed by atoms with Crippen molar-refractivity contribution in [2.45, 2.75) is 20.3 Å². The van der Waals surface area contributed by atoms with E-state index in [0.717, 1.165) is 6.42 Å². The maximum Gasteiger partial charge on any atom is 0.0471 e. The van der Waals surface area contributed by atoms with Crippen LogP contribution in [0.15, 0.2) is 6.07 Å². The number of rotatable bonds is 2. The first kappa shape index (κ1) is 7.76. The van der Waals surface area contributed by atoms with Gasteiger partial charge >= 0.3 is 0 Å². The molecule has 0 bridgehead atoms. The first-order valence-electron chi connectivity index (χ1n) is 3.41. The lowest BCUT2D eigenvalue weighted by atomic mass is 10.2. The topological polar surface area (TPSA) is 20.2 Å². The molecule has 0 fully saturated rings. The third-order valence-electron chi connectivity index (χ3n) is 1.52. The molecule has 0 aliphatic rings. The molecule has 10 heavy (non-hydrogen) atoms. The van der Waals surface area contributed by atoms with E-state index < -0.39 is 0 Å². The number of hydrogen-bond acceptors (Lipinski definition) is 2. The Balaban J connectivity index is 2.81. The lowest BCUT2D eigenvalue weighted by Gasteiger charge is -1.92. The van der Waals surface area contributed by atoms with Gasteiger partial charge in [-0.3, -0.25) is 0 Å². The maximum atomic E-state index is 8.66. The molecule has 0 radical (unpaired) electrons. The van der Waals surface area contributed by atoms with Gasteiger partial charge in [0.1, 0.15) is 0 Å². The minimum Gasteiger partial charge on any atom is -0.396 e. The monoisotopic (exact) mass is 156 g/mol. The van der Waals surface area contributed by atoms with Crippen LogP contribution in [0.1, 0.15) is 15.3 Å². The van der Waals surface area contributed by atoms with Gasteiger partial charge in [0.2, 0.25) is 0 Å². The van der Waals surface area contributed by atoms with E-state index in [1.165, 1.54) is 15.3 Å². The summed E-state index contributed by atoms with van der Waals surface area (Å²) in [5, 5.41) is 8.66. The number of aryl methyl sites for hydroxylation is 2. The Morgan fingerprint density at radius 1 is 1.50 bits per heavy atom. The maximum absolute atomic E-state index is 8.66. The zero-order chi connectivity index (χ0) is 7.56. The summed E-state index contributed by atoms with van der Waals surface area (Å²) in [7, 11) is 0. The summed E-state index contributed by atoms with van der Waals surface area (Å²) >= 11 is 1.80. The second-order valence-electron chi connectivity index (χ2n) is 2.41. The van der Waals surface area contributed by atoms with Gasteiger partial charge in [-0.05, 0) is 31.9 Å². The molecule has 1 nitrogen and oxygen atoms in total. The van der Waals surface area contributed by atoms with Gasteiger partial charge in [-0.1, -0.05) is 0 Å². The van der Waals surface area contributed by atoms with Crippen LogP contribution in [0.25, 0.3) is 0 Å². The van der Waals surface area contributed by atoms with E-state index in [4.69, 9.17) is 5.11 Å². The first-order chi connectivity index (χ1) is 4.74. The van der Waals surface area contributed by atoms with Crippen molar-refractivity contribution in [2.75, 3.05) is 6.61 Å². The van der Waals surface area contributed by atoms with Gasteiger partial charge in [0.15, 0.2) is 0 Å². The van der Waals surface area contributed by atoms with Crippen molar-refractivity contribution >= 4 is 11.3 Å². The van der Waals surface area contributed by atoms with E-state index in [1.54, 1.807) is 11.3 Å². The molecule has 0 atom stereocenters. The highest BCUT2D eigenvalue weighted by Crippen LogP contribution is 2.20. The third-order valence-corrected chi connectivity index (χ3v) is 2.53. The van der Waals surface area contributed by atoms with E-state index in [2.05, 4.69) is 19.9 Å². The van der Waals surface area contributed by atoms with Gasteiger partial charge < -0.3 is 5.11 Å². The fourth-order valence-corrected chi connectivity index (χ4v) is 2.03. The fraction of sp³-hybridized carbons (Fsp3) is 0.500. The Morgan fingerprint density at radius 3 is 2.60 bits per heavy atom. The molecular formula is C8H12OS. The molecule has 2 heteroatoms. The quantitative estimate of drug-likeness (QED) is 0.693. The third kappa shape index (κ3) is 1.58. The van der Waals surface area contributed by atoms with Crippen molar-refractivity contribution in [1.82, 2.24) is 0 Å². The molecule has 0 aliphatic heterocycles. The van der Waals surface area contributed by atoms with Crippen molar-refractivity contribution in [2.24, 2.45) is 0 Å². The van der Waals surface area contributed by atoms with E-state index in [0.29, 0.717) is 0 Å². The second-order valence-corrected chi connectivity index (χ2v) is 3.87. The zero-order valence-corrected chi connectivity index (χ0v) is 7.16. The lowest BCUT2D eigenvalue weighted by molar-refractivity contribution is 0.299. The standard InChI is InChI=1S/C8H12OS/c1-6-5-8(3-4-9)7(2)10-6/h5,9H,3-4H2,1-2H3. The lowest BCUT2D eigenvalue weighted by Crippen LogP contribution is -1.88. The zero-order valence-electron chi connectivity index (χ0n) is 6.35. The molecule has 0 aromatic carbocycles. The van der Waals surface area contributed by atoms with Crippen molar-refractivity contribution in [1.29, 1.82) is 0 Å². The summed E-state index contributed by atoms with van der Waals surface area (Å²) in [6.45, 7) is 4.46. The average molecular weight is 156 g/mol. The highest BCUT2D eigenvalue weighted by molar-refractivity contribution is 7.12. The molecule has 0 aliphatic carbocycles. The second kappa shape index (κ2) is 3.17. The van der Waals surface area contributed by atoms with E-state index in [1.807, 2.05) is 0 Å². The Morgan fingerprint density at radius 2 is 2.20 bits per heavy atom. The SMILES string of the molecule is Cc1cc(CCO)c(C)s1. The van der Waals surface area contributed by atoms with E-state index in [-0.39, 0.29) is 6.61 Å². The van der Waals surface area contributed by atoms with Crippen LogP contribution in [0.2, 0.25) is 0 Å². The molecule has 1 rings (SSSR count). The molecular weight excluding hydrogens is 144 g/mol. The summed E-state index contributed by atoms with van der Waals surface area (Å²) < 4.78 is 0. The molecule has 0 amide bonds. The summed E-state index contributed by atoms with van der Waals surface area (Å²) in [5.74, 6) is 0. The van der Waals surface area contributed by atoms with Crippen molar-refractivity contribution in [3.8, 4) is 0 Å². The Hall–Kier alpha value is -0.340. The van der Waals surface area contributed by atoms with Gasteiger partial charge in [0, 0.05) is 16.4 Å². The fourth-order valence-electron chi connectivity index (χ4n) is 1.05. The highest BCUT2D eigenvalue weighted by Gasteiger charge is 2.00. The van der Waals surface area contributed by atoms with Gasteiger partial charge in [-0.15, -0.1) is 11.3 Å². The summed E-state index contributed by atoms with van der Waals surface area (Å²) in [6, 6.07) is 2.15. The normalized spacial score (nSPS) is 10.3. The predicted molar refractivity (Wildman–Crippen MR) is 44.6 cm³/mol. The molecule has 0 unspecified atom stereocenters. The van der Waals surface area contributed by atoms with Crippen LogP contribution in [0, 0.1) is 13.8 Å². The molecule has 1 N–H and O–H groups in total. The number of aliphatic hydroxyl groups excluding tert-OH is 1. The van der Waals surface area contributed by atoms with Crippen LogP contribution in [0.3, 0.4) is 0 Å². The van der Waals surface area contributed by atoms with Crippen LogP contribution in [0.4, 0.5) is 0 Å². The molecule has 0 spiro atoms. The van der Waals surface area contributed by atoms with E-state index >= 15 is 0 Å². The van der Waals surface area contributed by atoms with Gasteiger partial charge in [0.05, 0.1) is 0 Å². The molecule has 1 heterocycles. The summed E-state index contributed by atoms with van der Waals surface area (Å²) in [6.07, 6.45) is 0.802. The van der Waals surface area contributed by atoms with Crippen LogP contribution >= 0.6 is 11.3 Å². The predicted octanol–water partition coefficient (Wildman–Crippen LogP) is 1.90. The molecule has 0 saturated heterocycles. The molecule has 56 valence electrons. The van der Waals surface area contributed by atoms with Crippen molar-refractivity contribution < 1.29 is 5.11 Å². The Labute approximate surface area is 65.3 Å². The van der Waals surface area contributed by atoms with Gasteiger partial charge in [-0.2, -0.15) is 0 Å². The van der Waals surface area contributed by atoms with Crippen LogP contribution in [0.5, 0.6) is 0 Å². The summed E-state index contributed by atoms with van der Waals surface area (Å²) in [5.41, 5.74) is 1.30. The smallest absolute Gasteiger partial charge is 0.0471 e. The van der Waals surface area contributed by atoms with E-state index in [9.17, 15) is 0 Å².